The second-order valence-electron chi connectivity index (χ2n) is 7.20. The number of amides is 1. The number of benzene rings is 1. The van der Waals surface area contributed by atoms with E-state index in [0.29, 0.717) is 32.6 Å². The fraction of sp³-hybridized carbons (Fsp3) is 0.333. The molecule has 0 atom stereocenters. The van der Waals surface area contributed by atoms with Gasteiger partial charge in [-0.05, 0) is 44.9 Å². The minimum atomic E-state index is -1.63. The fourth-order valence-electron chi connectivity index (χ4n) is 3.50. The number of aliphatic carboxylic acids is 2. The Morgan fingerprint density at radius 1 is 0.867 bits per heavy atom. The quantitative estimate of drug-likeness (QED) is 0.499. The van der Waals surface area contributed by atoms with E-state index in [1.54, 1.807) is 13.8 Å². The summed E-state index contributed by atoms with van der Waals surface area (Å²) >= 11 is 0. The average Bonchev–Trinajstić information content (AvgIpc) is 2.93. The second kappa shape index (κ2) is 7.66. The lowest BCUT2D eigenvalue weighted by Gasteiger charge is -2.23. The van der Waals surface area contributed by atoms with Crippen LogP contribution in [-0.2, 0) is 20.8 Å². The zero-order valence-electron chi connectivity index (χ0n) is 16.9. The highest BCUT2D eigenvalue weighted by Gasteiger charge is 2.22. The van der Waals surface area contributed by atoms with Crippen LogP contribution in [0.5, 0.6) is 0 Å². The minimum absolute atomic E-state index is 0.0193. The average molecular weight is 413 g/mol. The number of furan rings is 1. The first-order chi connectivity index (χ1) is 14.0. The van der Waals surface area contributed by atoms with Gasteiger partial charge in [0.25, 0.3) is 0 Å². The Kier molecular flexibility index (Phi) is 5.39. The Morgan fingerprint density at radius 3 is 1.97 bits per heavy atom. The number of rotatable bonds is 6. The Balaban J connectivity index is 2.12. The first-order valence-electron chi connectivity index (χ1n) is 9.14. The summed E-state index contributed by atoms with van der Waals surface area (Å²) in [7, 11) is 0. The molecule has 9 heteroatoms. The van der Waals surface area contributed by atoms with Crippen molar-refractivity contribution in [3.8, 4) is 0 Å². The van der Waals surface area contributed by atoms with Gasteiger partial charge in [0, 0.05) is 16.3 Å². The maximum Gasteiger partial charge on any atom is 0.340 e. The predicted octanol–water partition coefficient (Wildman–Crippen LogP) is -0.356. The van der Waals surface area contributed by atoms with Crippen LogP contribution in [0.2, 0.25) is 0 Å². The lowest BCUT2D eigenvalue weighted by atomic mass is 9.98. The van der Waals surface area contributed by atoms with Crippen molar-refractivity contribution in [2.24, 2.45) is 0 Å². The van der Waals surface area contributed by atoms with Gasteiger partial charge in [-0.15, -0.1) is 0 Å². The highest BCUT2D eigenvalue weighted by molar-refractivity contribution is 6.00. The standard InChI is InChI=1S/C21H21NO8/c1-9-12(4)29-19-11(3)20-14(5-13(9)19)10(2)15(21(28)30-20)6-16(23)22(7-17(24)25)8-18(26)27/h5H,6-8H2,1-4H3,(H,24,25)(H,26,27)/p-2. The van der Waals surface area contributed by atoms with Crippen LogP contribution < -0.4 is 15.8 Å². The van der Waals surface area contributed by atoms with Crippen LogP contribution in [0.1, 0.15) is 28.0 Å². The van der Waals surface area contributed by atoms with E-state index in [0.717, 1.165) is 16.7 Å². The smallest absolute Gasteiger partial charge is 0.340 e. The maximum atomic E-state index is 12.6. The summed E-state index contributed by atoms with van der Waals surface area (Å²) in [5.74, 6) is -3.39. The predicted molar refractivity (Wildman–Crippen MR) is 102 cm³/mol. The molecular formula is C21H19NO8-2. The third kappa shape index (κ3) is 3.66. The van der Waals surface area contributed by atoms with Crippen LogP contribution in [-0.4, -0.2) is 35.8 Å². The highest BCUT2D eigenvalue weighted by atomic mass is 16.4. The van der Waals surface area contributed by atoms with Gasteiger partial charge in [-0.3, -0.25) is 4.79 Å². The number of fused-ring (bicyclic) bond motifs is 2. The van der Waals surface area contributed by atoms with E-state index in [-0.39, 0.29) is 5.56 Å². The van der Waals surface area contributed by atoms with Crippen molar-refractivity contribution in [2.45, 2.75) is 34.1 Å². The molecule has 9 nitrogen and oxygen atoms in total. The first-order valence-corrected chi connectivity index (χ1v) is 9.14. The summed E-state index contributed by atoms with van der Waals surface area (Å²) < 4.78 is 11.2. The van der Waals surface area contributed by atoms with Crippen molar-refractivity contribution >= 4 is 39.8 Å². The molecule has 158 valence electrons. The Hall–Kier alpha value is -3.62. The molecule has 1 amide bonds. The lowest BCUT2D eigenvalue weighted by molar-refractivity contribution is -0.309. The molecule has 30 heavy (non-hydrogen) atoms. The SMILES string of the molecule is Cc1oc2c(C)c3oc(=O)c(CC(=O)N(CC(=O)[O-])CC(=O)[O-])c(C)c3cc2c1C. The molecule has 1 aromatic carbocycles. The monoisotopic (exact) mass is 413 g/mol. The molecule has 0 fully saturated rings. The number of carbonyl (C=O) groups is 3. The van der Waals surface area contributed by atoms with E-state index in [2.05, 4.69) is 0 Å². The number of hydrogen-bond donors (Lipinski definition) is 0. The Bertz CT molecular complexity index is 1250. The van der Waals surface area contributed by atoms with E-state index in [4.69, 9.17) is 8.83 Å². The van der Waals surface area contributed by atoms with Crippen molar-refractivity contribution in [1.82, 2.24) is 4.90 Å². The molecule has 0 radical (unpaired) electrons. The largest absolute Gasteiger partial charge is 0.548 e. The molecule has 0 aliphatic carbocycles. The van der Waals surface area contributed by atoms with E-state index in [1.165, 1.54) is 0 Å². The first kappa shape index (κ1) is 21.1. The third-order valence-electron chi connectivity index (χ3n) is 5.26. The topological polar surface area (TPSA) is 144 Å². The number of nitrogens with zero attached hydrogens (tertiary/aromatic N) is 1. The molecular weight excluding hydrogens is 394 g/mol. The fourth-order valence-corrected chi connectivity index (χ4v) is 3.50. The zero-order valence-corrected chi connectivity index (χ0v) is 16.9. The summed E-state index contributed by atoms with van der Waals surface area (Å²) in [5, 5.41) is 23.1. The normalized spacial score (nSPS) is 11.2. The molecule has 2 heterocycles. The van der Waals surface area contributed by atoms with Crippen molar-refractivity contribution in [3.63, 3.8) is 0 Å². The number of carbonyl (C=O) groups excluding carboxylic acids is 3. The van der Waals surface area contributed by atoms with E-state index in [9.17, 15) is 29.4 Å². The van der Waals surface area contributed by atoms with Crippen LogP contribution >= 0.6 is 0 Å². The van der Waals surface area contributed by atoms with Crippen LogP contribution in [0.4, 0.5) is 0 Å². The second-order valence-corrected chi connectivity index (χ2v) is 7.20. The molecule has 3 aromatic rings. The van der Waals surface area contributed by atoms with Gasteiger partial charge in [0.05, 0.1) is 37.0 Å². The van der Waals surface area contributed by atoms with E-state index < -0.39 is 43.0 Å². The summed E-state index contributed by atoms with van der Waals surface area (Å²) in [6.45, 7) is 5.29. The number of carboxylic acid groups (broad SMARTS) is 2. The Morgan fingerprint density at radius 2 is 1.40 bits per heavy atom. The molecule has 3 rings (SSSR count). The number of carboxylic acids is 2. The van der Waals surface area contributed by atoms with Crippen LogP contribution in [0, 0.1) is 27.7 Å². The summed E-state index contributed by atoms with van der Waals surface area (Å²) in [5.41, 5.74) is 2.26. The number of aryl methyl sites for hydroxylation is 4. The van der Waals surface area contributed by atoms with E-state index in [1.807, 2.05) is 19.9 Å². The number of hydrogen-bond acceptors (Lipinski definition) is 8. The molecule has 0 spiro atoms. The molecule has 0 saturated heterocycles. The van der Waals surface area contributed by atoms with E-state index >= 15 is 0 Å². The van der Waals surface area contributed by atoms with Gasteiger partial charge in [0.1, 0.15) is 16.9 Å². The van der Waals surface area contributed by atoms with Gasteiger partial charge in [-0.1, -0.05) is 0 Å². The van der Waals surface area contributed by atoms with Crippen LogP contribution in [0.15, 0.2) is 19.7 Å². The van der Waals surface area contributed by atoms with Gasteiger partial charge in [0.15, 0.2) is 0 Å². The molecule has 0 saturated carbocycles. The summed E-state index contributed by atoms with van der Waals surface area (Å²) in [4.78, 5) is 47.3. The van der Waals surface area contributed by atoms with Crippen molar-refractivity contribution in [3.05, 3.63) is 44.5 Å². The van der Waals surface area contributed by atoms with Gasteiger partial charge in [-0.2, -0.15) is 0 Å². The third-order valence-corrected chi connectivity index (χ3v) is 5.26. The molecule has 0 aliphatic rings. The maximum absolute atomic E-state index is 12.6. The summed E-state index contributed by atoms with van der Waals surface area (Å²) in [6.07, 6.45) is -0.523. The van der Waals surface area contributed by atoms with Crippen LogP contribution in [0.3, 0.4) is 0 Å². The zero-order chi connectivity index (χ0) is 22.3. The minimum Gasteiger partial charge on any atom is -0.548 e. The molecule has 0 unspecified atom stereocenters. The molecule has 0 bridgehead atoms. The van der Waals surface area contributed by atoms with Gasteiger partial charge < -0.3 is 33.5 Å². The van der Waals surface area contributed by atoms with Gasteiger partial charge in [0.2, 0.25) is 5.91 Å². The van der Waals surface area contributed by atoms with Crippen molar-refractivity contribution < 1.29 is 33.4 Å². The molecule has 0 N–H and O–H groups in total. The Labute approximate surface area is 170 Å². The van der Waals surface area contributed by atoms with Gasteiger partial charge >= 0.3 is 5.63 Å². The highest BCUT2D eigenvalue weighted by Crippen LogP contribution is 2.34. The summed E-state index contributed by atoms with van der Waals surface area (Å²) in [6, 6.07) is 1.82. The van der Waals surface area contributed by atoms with Gasteiger partial charge in [-0.25, -0.2) is 4.79 Å². The van der Waals surface area contributed by atoms with Crippen molar-refractivity contribution in [2.75, 3.05) is 13.1 Å². The molecule has 0 aliphatic heterocycles. The molecule has 2 aromatic heterocycles. The van der Waals surface area contributed by atoms with Crippen LogP contribution in [0.25, 0.3) is 21.9 Å². The van der Waals surface area contributed by atoms with Crippen molar-refractivity contribution in [1.29, 1.82) is 0 Å². The lowest BCUT2D eigenvalue weighted by Crippen LogP contribution is -2.47.